The lowest BCUT2D eigenvalue weighted by Gasteiger charge is -2.42. The fraction of sp³-hybridized carbons (Fsp3) is 0.163. The van der Waals surface area contributed by atoms with E-state index in [0.717, 1.165) is 33.2 Å². The number of rotatable bonds is 4. The number of hydrogen-bond acceptors (Lipinski definition) is 3. The summed E-state index contributed by atoms with van der Waals surface area (Å²) in [5, 5.41) is 7.25. The van der Waals surface area contributed by atoms with Crippen molar-refractivity contribution in [2.24, 2.45) is 0 Å². The van der Waals surface area contributed by atoms with Crippen LogP contribution >= 0.6 is 0 Å². The summed E-state index contributed by atoms with van der Waals surface area (Å²) in [6, 6.07) is 52.1. The zero-order valence-corrected chi connectivity index (χ0v) is 30.6. The SMILES string of the molecule is CC1(C)CCC(C)(C)c2cc3c(cc21)c1ccccc1n3-c1cccc(-c2nc(-c3ccccc3)nc(-c3cc4ccccc4c4ccccc34)n2)c1. The van der Waals surface area contributed by atoms with Crippen LogP contribution in [0, 0.1) is 0 Å². The highest BCUT2D eigenvalue weighted by Gasteiger charge is 2.38. The predicted octanol–water partition coefficient (Wildman–Crippen LogP) is 12.6. The third kappa shape index (κ3) is 5.08. The summed E-state index contributed by atoms with van der Waals surface area (Å²) in [6.45, 7) is 9.62. The fourth-order valence-corrected chi connectivity index (χ4v) is 8.67. The minimum Gasteiger partial charge on any atom is -0.309 e. The lowest BCUT2D eigenvalue weighted by Crippen LogP contribution is -2.33. The van der Waals surface area contributed by atoms with Crippen molar-refractivity contribution in [1.82, 2.24) is 19.5 Å². The van der Waals surface area contributed by atoms with Crippen molar-refractivity contribution < 1.29 is 0 Å². The molecule has 4 heteroatoms. The molecule has 0 saturated carbocycles. The third-order valence-corrected chi connectivity index (χ3v) is 11.7. The molecule has 2 aromatic heterocycles. The van der Waals surface area contributed by atoms with E-state index in [1.807, 2.05) is 18.2 Å². The van der Waals surface area contributed by atoms with Crippen molar-refractivity contribution in [2.45, 2.75) is 51.4 Å². The number of nitrogens with zero attached hydrogens (tertiary/aromatic N) is 4. The minimum absolute atomic E-state index is 0.101. The smallest absolute Gasteiger partial charge is 0.164 e. The first-order valence-corrected chi connectivity index (χ1v) is 18.7. The van der Waals surface area contributed by atoms with Crippen LogP contribution in [0.1, 0.15) is 51.7 Å². The normalized spacial score (nSPS) is 14.9. The predicted molar refractivity (Wildman–Crippen MR) is 221 cm³/mol. The first kappa shape index (κ1) is 31.6. The summed E-state index contributed by atoms with van der Waals surface area (Å²) in [4.78, 5) is 15.6. The highest BCUT2D eigenvalue weighted by molar-refractivity contribution is 6.13. The maximum Gasteiger partial charge on any atom is 0.164 e. The van der Waals surface area contributed by atoms with Gasteiger partial charge in [-0.25, -0.2) is 15.0 Å². The molecule has 0 atom stereocenters. The molecule has 0 aliphatic heterocycles. The van der Waals surface area contributed by atoms with Crippen LogP contribution in [0.3, 0.4) is 0 Å². The lowest BCUT2D eigenvalue weighted by atomic mass is 9.63. The van der Waals surface area contributed by atoms with Gasteiger partial charge < -0.3 is 4.57 Å². The molecule has 2 heterocycles. The van der Waals surface area contributed by atoms with Gasteiger partial charge in [-0.2, -0.15) is 0 Å². The van der Waals surface area contributed by atoms with Gasteiger partial charge in [0.15, 0.2) is 17.5 Å². The molecule has 0 fully saturated rings. The molecule has 0 N–H and O–H groups in total. The highest BCUT2D eigenvalue weighted by Crippen LogP contribution is 2.48. The molecule has 0 unspecified atom stereocenters. The van der Waals surface area contributed by atoms with Gasteiger partial charge in [-0.05, 0) is 92.7 Å². The number of fused-ring (bicyclic) bond motifs is 7. The second-order valence-corrected chi connectivity index (χ2v) is 15.9. The summed E-state index contributed by atoms with van der Waals surface area (Å²) in [6.07, 6.45) is 2.36. The van der Waals surface area contributed by atoms with Crippen LogP contribution in [0.4, 0.5) is 0 Å². The van der Waals surface area contributed by atoms with Crippen molar-refractivity contribution >= 4 is 43.4 Å². The van der Waals surface area contributed by atoms with Crippen LogP contribution in [0.25, 0.3) is 83.2 Å². The zero-order chi connectivity index (χ0) is 35.9. The van der Waals surface area contributed by atoms with E-state index < -0.39 is 0 Å². The van der Waals surface area contributed by atoms with Crippen LogP contribution in [0.15, 0.2) is 146 Å². The van der Waals surface area contributed by atoms with Crippen molar-refractivity contribution in [1.29, 1.82) is 0 Å². The van der Waals surface area contributed by atoms with E-state index in [0.29, 0.717) is 17.5 Å². The Morgan fingerprint density at radius 1 is 0.434 bits per heavy atom. The topological polar surface area (TPSA) is 43.6 Å². The standard InChI is InChI=1S/C49H40N4/c1-48(2)25-26-49(3,4)42-30-44-39(29-41(42)48)38-23-12-13-24-43(38)53(44)34-19-14-18-33(27-34)46-50-45(31-15-6-5-7-16-31)51-47(52-46)40-28-32-17-8-9-20-35(32)36-21-10-11-22-37(36)40/h5-24,27-30H,25-26H2,1-4H3. The van der Waals surface area contributed by atoms with E-state index in [1.54, 1.807) is 0 Å². The summed E-state index contributed by atoms with van der Waals surface area (Å²) < 4.78 is 2.43. The van der Waals surface area contributed by atoms with Crippen LogP contribution < -0.4 is 0 Å². The van der Waals surface area contributed by atoms with E-state index in [-0.39, 0.29) is 10.8 Å². The highest BCUT2D eigenvalue weighted by atomic mass is 15.0. The number of para-hydroxylation sites is 1. The average molecular weight is 685 g/mol. The molecular formula is C49H40N4. The van der Waals surface area contributed by atoms with E-state index in [2.05, 4.69) is 160 Å². The summed E-state index contributed by atoms with van der Waals surface area (Å²) in [7, 11) is 0. The van der Waals surface area contributed by atoms with Gasteiger partial charge in [0, 0.05) is 33.2 Å². The second kappa shape index (κ2) is 11.7. The Morgan fingerprint density at radius 2 is 1.02 bits per heavy atom. The van der Waals surface area contributed by atoms with E-state index in [1.165, 1.54) is 56.5 Å². The van der Waals surface area contributed by atoms with Crippen LogP contribution in [-0.2, 0) is 10.8 Å². The second-order valence-electron chi connectivity index (χ2n) is 15.9. The molecule has 1 aliphatic carbocycles. The molecule has 9 aromatic rings. The Kier molecular flexibility index (Phi) is 6.97. The molecule has 0 bridgehead atoms. The maximum absolute atomic E-state index is 5.26. The Labute approximate surface area is 309 Å². The molecule has 4 nitrogen and oxygen atoms in total. The number of benzene rings is 7. The molecule has 0 spiro atoms. The Bertz CT molecular complexity index is 2900. The minimum atomic E-state index is 0.101. The maximum atomic E-state index is 5.26. The average Bonchev–Trinajstić information content (AvgIpc) is 3.53. The largest absolute Gasteiger partial charge is 0.309 e. The number of aromatic nitrogens is 4. The molecule has 53 heavy (non-hydrogen) atoms. The molecule has 256 valence electrons. The van der Waals surface area contributed by atoms with E-state index in [4.69, 9.17) is 15.0 Å². The lowest BCUT2D eigenvalue weighted by molar-refractivity contribution is 0.332. The Balaban J connectivity index is 1.21. The van der Waals surface area contributed by atoms with Gasteiger partial charge in [-0.1, -0.05) is 137 Å². The first-order valence-electron chi connectivity index (χ1n) is 18.7. The zero-order valence-electron chi connectivity index (χ0n) is 30.6. The van der Waals surface area contributed by atoms with Crippen LogP contribution in [0.5, 0.6) is 0 Å². The van der Waals surface area contributed by atoms with Gasteiger partial charge in [-0.15, -0.1) is 0 Å². The molecule has 0 saturated heterocycles. The number of hydrogen-bond donors (Lipinski definition) is 0. The molecule has 7 aromatic carbocycles. The summed E-state index contributed by atoms with van der Waals surface area (Å²) >= 11 is 0. The van der Waals surface area contributed by atoms with Crippen LogP contribution in [0.2, 0.25) is 0 Å². The van der Waals surface area contributed by atoms with Gasteiger partial charge >= 0.3 is 0 Å². The molecular weight excluding hydrogens is 645 g/mol. The van der Waals surface area contributed by atoms with Gasteiger partial charge in [0.2, 0.25) is 0 Å². The molecule has 1 aliphatic rings. The first-order chi connectivity index (χ1) is 25.7. The summed E-state index contributed by atoms with van der Waals surface area (Å²) in [5.41, 5.74) is 9.57. The summed E-state index contributed by atoms with van der Waals surface area (Å²) in [5.74, 6) is 1.96. The molecule has 0 amide bonds. The quantitative estimate of drug-likeness (QED) is 0.173. The van der Waals surface area contributed by atoms with Gasteiger partial charge in [0.05, 0.1) is 11.0 Å². The van der Waals surface area contributed by atoms with Crippen molar-refractivity contribution in [3.8, 4) is 39.9 Å². The monoisotopic (exact) mass is 684 g/mol. The Morgan fingerprint density at radius 3 is 1.79 bits per heavy atom. The van der Waals surface area contributed by atoms with Crippen molar-refractivity contribution in [3.63, 3.8) is 0 Å². The van der Waals surface area contributed by atoms with E-state index >= 15 is 0 Å². The van der Waals surface area contributed by atoms with Crippen LogP contribution in [-0.4, -0.2) is 19.5 Å². The third-order valence-electron chi connectivity index (χ3n) is 11.7. The molecule has 10 rings (SSSR count). The Hall–Kier alpha value is -6.13. The van der Waals surface area contributed by atoms with Gasteiger partial charge in [0.25, 0.3) is 0 Å². The van der Waals surface area contributed by atoms with E-state index in [9.17, 15) is 0 Å². The van der Waals surface area contributed by atoms with Gasteiger partial charge in [0.1, 0.15) is 0 Å². The molecule has 0 radical (unpaired) electrons. The fourth-order valence-electron chi connectivity index (χ4n) is 8.67. The van der Waals surface area contributed by atoms with Gasteiger partial charge in [-0.3, -0.25) is 0 Å². The van der Waals surface area contributed by atoms with Crippen molar-refractivity contribution in [2.75, 3.05) is 0 Å². The van der Waals surface area contributed by atoms with Crippen molar-refractivity contribution in [3.05, 3.63) is 157 Å².